The minimum atomic E-state index is -4.31. The second-order valence-corrected chi connectivity index (χ2v) is 6.19. The molecule has 0 radical (unpaired) electrons. The summed E-state index contributed by atoms with van der Waals surface area (Å²) >= 11 is 0. The fraction of sp³-hybridized carbons (Fsp3) is 0. The smallest absolute Gasteiger partial charge is 0.264 e. The van der Waals surface area contributed by atoms with Gasteiger partial charge in [0.05, 0.1) is 11.4 Å². The molecule has 3 aromatic rings. The van der Waals surface area contributed by atoms with Crippen molar-refractivity contribution >= 4 is 15.7 Å². The van der Waals surface area contributed by atoms with E-state index in [4.69, 9.17) is 0 Å². The third kappa shape index (κ3) is 3.04. The summed E-state index contributed by atoms with van der Waals surface area (Å²) in [6.07, 6.45) is 2.67. The number of benzene rings is 2. The summed E-state index contributed by atoms with van der Waals surface area (Å²) in [5.74, 6) is -1.89. The quantitative estimate of drug-likeness (QED) is 0.793. The molecule has 0 saturated carbocycles. The molecule has 0 aliphatic heterocycles. The Balaban J connectivity index is 2.04. The van der Waals surface area contributed by atoms with E-state index in [1.807, 2.05) is 0 Å². The van der Waals surface area contributed by atoms with Crippen LogP contribution in [0, 0.1) is 11.6 Å². The molecular formula is C14H10F2N4O2S. The van der Waals surface area contributed by atoms with Crippen molar-refractivity contribution in [1.29, 1.82) is 0 Å². The van der Waals surface area contributed by atoms with Crippen LogP contribution in [0.3, 0.4) is 0 Å². The van der Waals surface area contributed by atoms with E-state index in [2.05, 4.69) is 14.8 Å². The van der Waals surface area contributed by atoms with Crippen LogP contribution in [0.1, 0.15) is 0 Å². The van der Waals surface area contributed by atoms with E-state index in [9.17, 15) is 17.2 Å². The van der Waals surface area contributed by atoms with Gasteiger partial charge in [-0.25, -0.2) is 26.9 Å². The summed E-state index contributed by atoms with van der Waals surface area (Å²) in [6.45, 7) is 0. The fourth-order valence-corrected chi connectivity index (χ4v) is 3.14. The van der Waals surface area contributed by atoms with Crippen molar-refractivity contribution in [2.75, 3.05) is 4.72 Å². The van der Waals surface area contributed by atoms with E-state index in [1.165, 1.54) is 23.4 Å². The van der Waals surface area contributed by atoms with Crippen LogP contribution in [0.15, 0.2) is 60.0 Å². The second kappa shape index (κ2) is 5.76. The van der Waals surface area contributed by atoms with E-state index in [-0.39, 0.29) is 5.69 Å². The molecule has 6 nitrogen and oxygen atoms in total. The normalized spacial score (nSPS) is 11.4. The van der Waals surface area contributed by atoms with Crippen LogP contribution in [-0.4, -0.2) is 23.2 Å². The standard InChI is InChI=1S/C14H10F2N4O2S/c15-10-5-6-11(16)14(7-10)23(21,22)19-12-3-1-2-4-13(12)20-9-17-8-18-20/h1-9,19H. The van der Waals surface area contributed by atoms with E-state index in [1.54, 1.807) is 18.2 Å². The Morgan fingerprint density at radius 1 is 1.09 bits per heavy atom. The first-order valence-electron chi connectivity index (χ1n) is 6.39. The maximum Gasteiger partial charge on any atom is 0.264 e. The van der Waals surface area contributed by atoms with Gasteiger partial charge in [0.25, 0.3) is 10.0 Å². The SMILES string of the molecule is O=S(=O)(Nc1ccccc1-n1cncn1)c1cc(F)ccc1F. The molecule has 0 spiro atoms. The Labute approximate surface area is 130 Å². The number of halogens is 2. The Morgan fingerprint density at radius 3 is 2.61 bits per heavy atom. The molecule has 0 aliphatic carbocycles. The van der Waals surface area contributed by atoms with Crippen LogP contribution in [0.2, 0.25) is 0 Å². The highest BCUT2D eigenvalue weighted by Crippen LogP contribution is 2.24. The molecule has 2 aromatic carbocycles. The number of nitrogens with one attached hydrogen (secondary N) is 1. The summed E-state index contributed by atoms with van der Waals surface area (Å²) in [4.78, 5) is 3.01. The van der Waals surface area contributed by atoms with E-state index in [0.717, 1.165) is 12.1 Å². The third-order valence-corrected chi connectivity index (χ3v) is 4.38. The Morgan fingerprint density at radius 2 is 1.87 bits per heavy atom. The van der Waals surface area contributed by atoms with Gasteiger partial charge in [0.1, 0.15) is 29.2 Å². The zero-order chi connectivity index (χ0) is 16.4. The van der Waals surface area contributed by atoms with Crippen LogP contribution >= 0.6 is 0 Å². The lowest BCUT2D eigenvalue weighted by atomic mass is 10.3. The van der Waals surface area contributed by atoms with Gasteiger partial charge in [-0.05, 0) is 30.3 Å². The largest absolute Gasteiger partial charge is 0.277 e. The number of rotatable bonds is 4. The van der Waals surface area contributed by atoms with Gasteiger partial charge in [-0.3, -0.25) is 4.72 Å². The number of anilines is 1. The van der Waals surface area contributed by atoms with Crippen LogP contribution in [-0.2, 0) is 10.0 Å². The fourth-order valence-electron chi connectivity index (χ4n) is 1.98. The number of nitrogens with zero attached hydrogens (tertiary/aromatic N) is 3. The first-order valence-corrected chi connectivity index (χ1v) is 7.87. The topological polar surface area (TPSA) is 76.9 Å². The molecule has 1 N–H and O–H groups in total. The maximum atomic E-state index is 13.7. The molecule has 0 aliphatic rings. The van der Waals surface area contributed by atoms with Crippen molar-refractivity contribution in [2.45, 2.75) is 4.90 Å². The Hall–Kier alpha value is -2.81. The van der Waals surface area contributed by atoms with Gasteiger partial charge < -0.3 is 0 Å². The number of sulfonamides is 1. The predicted octanol–water partition coefficient (Wildman–Crippen LogP) is 2.35. The molecule has 1 heterocycles. The van der Waals surface area contributed by atoms with E-state index in [0.29, 0.717) is 11.8 Å². The minimum absolute atomic E-state index is 0.154. The molecule has 3 rings (SSSR count). The van der Waals surface area contributed by atoms with Crippen LogP contribution < -0.4 is 4.72 Å². The summed E-state index contributed by atoms with van der Waals surface area (Å²) in [7, 11) is -4.31. The highest BCUT2D eigenvalue weighted by atomic mass is 32.2. The average molecular weight is 336 g/mol. The Bertz CT molecular complexity index is 943. The lowest BCUT2D eigenvalue weighted by Gasteiger charge is -2.12. The lowest BCUT2D eigenvalue weighted by Crippen LogP contribution is -2.16. The van der Waals surface area contributed by atoms with Gasteiger partial charge in [-0.15, -0.1) is 0 Å². The van der Waals surface area contributed by atoms with E-state index >= 15 is 0 Å². The summed E-state index contributed by atoms with van der Waals surface area (Å²) in [5, 5.41) is 3.92. The highest BCUT2D eigenvalue weighted by Gasteiger charge is 2.21. The van der Waals surface area contributed by atoms with Gasteiger partial charge in [0.15, 0.2) is 0 Å². The minimum Gasteiger partial charge on any atom is -0.277 e. The second-order valence-electron chi connectivity index (χ2n) is 4.54. The zero-order valence-corrected chi connectivity index (χ0v) is 12.3. The summed E-state index contributed by atoms with van der Waals surface area (Å²) in [5.41, 5.74) is 0.548. The third-order valence-electron chi connectivity index (χ3n) is 3.00. The molecular weight excluding hydrogens is 326 g/mol. The average Bonchev–Trinajstić information content (AvgIpc) is 3.04. The molecule has 118 valence electrons. The van der Waals surface area contributed by atoms with Gasteiger partial charge in [0, 0.05) is 0 Å². The summed E-state index contributed by atoms with van der Waals surface area (Å²) < 4.78 is 55.2. The molecule has 0 amide bonds. The monoisotopic (exact) mass is 336 g/mol. The predicted molar refractivity (Wildman–Crippen MR) is 78.5 cm³/mol. The van der Waals surface area contributed by atoms with Crippen molar-refractivity contribution in [1.82, 2.24) is 14.8 Å². The molecule has 0 atom stereocenters. The molecule has 0 saturated heterocycles. The van der Waals surface area contributed by atoms with E-state index < -0.39 is 26.6 Å². The first kappa shape index (κ1) is 15.1. The number of aromatic nitrogens is 3. The van der Waals surface area contributed by atoms with Gasteiger partial charge in [-0.2, -0.15) is 5.10 Å². The highest BCUT2D eigenvalue weighted by molar-refractivity contribution is 7.92. The molecule has 9 heteroatoms. The molecule has 1 aromatic heterocycles. The Kier molecular flexibility index (Phi) is 3.78. The van der Waals surface area contributed by atoms with Gasteiger partial charge in [-0.1, -0.05) is 12.1 Å². The molecule has 0 unspecified atom stereocenters. The van der Waals surface area contributed by atoms with Gasteiger partial charge >= 0.3 is 0 Å². The zero-order valence-electron chi connectivity index (χ0n) is 11.5. The van der Waals surface area contributed by atoms with Crippen molar-refractivity contribution < 1.29 is 17.2 Å². The first-order chi connectivity index (χ1) is 11.0. The van der Waals surface area contributed by atoms with Crippen LogP contribution in [0.25, 0.3) is 5.69 Å². The number of hydrogen-bond acceptors (Lipinski definition) is 4. The number of hydrogen-bond donors (Lipinski definition) is 1. The summed E-state index contributed by atoms with van der Waals surface area (Å²) in [6, 6.07) is 8.58. The molecule has 0 bridgehead atoms. The van der Waals surface area contributed by atoms with Crippen molar-refractivity contribution in [3.05, 3.63) is 66.8 Å². The van der Waals surface area contributed by atoms with Crippen LogP contribution in [0.5, 0.6) is 0 Å². The van der Waals surface area contributed by atoms with Crippen molar-refractivity contribution in [3.63, 3.8) is 0 Å². The maximum absolute atomic E-state index is 13.7. The van der Waals surface area contributed by atoms with Crippen LogP contribution in [0.4, 0.5) is 14.5 Å². The van der Waals surface area contributed by atoms with Gasteiger partial charge in [0.2, 0.25) is 0 Å². The molecule has 23 heavy (non-hydrogen) atoms. The van der Waals surface area contributed by atoms with Crippen molar-refractivity contribution in [3.8, 4) is 5.69 Å². The number of para-hydroxylation sites is 2. The van der Waals surface area contributed by atoms with Crippen molar-refractivity contribution in [2.24, 2.45) is 0 Å². The molecule has 0 fully saturated rings. The lowest BCUT2D eigenvalue weighted by molar-refractivity contribution is 0.555.